The summed E-state index contributed by atoms with van der Waals surface area (Å²) in [5.41, 5.74) is 0.865. The summed E-state index contributed by atoms with van der Waals surface area (Å²) in [4.78, 5) is 6.68. The molecule has 1 aromatic heterocycles. The van der Waals surface area contributed by atoms with E-state index < -0.39 is 6.10 Å². The largest absolute Gasteiger partial charge is 0.389 e. The third kappa shape index (κ3) is 3.20. The predicted octanol–water partition coefficient (Wildman–Crippen LogP) is 2.76. The van der Waals surface area contributed by atoms with Gasteiger partial charge in [0.15, 0.2) is 0 Å². The summed E-state index contributed by atoms with van der Waals surface area (Å²) in [5.74, 6) is 0.987. The summed E-state index contributed by atoms with van der Waals surface area (Å²) in [6.45, 7) is 9.26. The molecule has 0 aliphatic rings. The minimum Gasteiger partial charge on any atom is -0.389 e. The summed E-state index contributed by atoms with van der Waals surface area (Å²) in [6.07, 6.45) is 2.42. The van der Waals surface area contributed by atoms with Gasteiger partial charge in [0.2, 0.25) is 0 Å². The Morgan fingerprint density at radius 3 is 2.38 bits per heavy atom. The molecule has 3 nitrogen and oxygen atoms in total. The van der Waals surface area contributed by atoms with Crippen LogP contribution in [0.5, 0.6) is 0 Å². The number of hydrogen-bond acceptors (Lipinski definition) is 3. The van der Waals surface area contributed by atoms with E-state index in [9.17, 15) is 5.11 Å². The lowest BCUT2D eigenvalue weighted by molar-refractivity contribution is 0.199. The highest BCUT2D eigenvalue weighted by molar-refractivity contribution is 5.40. The maximum atomic E-state index is 9.41. The second-order valence-corrected chi connectivity index (χ2v) is 4.41. The maximum Gasteiger partial charge on any atom is 0.128 e. The molecule has 1 rings (SSSR count). The van der Waals surface area contributed by atoms with E-state index in [1.807, 2.05) is 12.1 Å². The van der Waals surface area contributed by atoms with Gasteiger partial charge in [0.05, 0.1) is 6.10 Å². The zero-order valence-corrected chi connectivity index (χ0v) is 10.6. The third-order valence-electron chi connectivity index (χ3n) is 2.64. The van der Waals surface area contributed by atoms with Crippen LogP contribution in [0.4, 0.5) is 5.82 Å². The van der Waals surface area contributed by atoms with Crippen molar-refractivity contribution in [2.75, 3.05) is 11.4 Å². The van der Waals surface area contributed by atoms with Crippen LogP contribution in [0, 0.1) is 0 Å². The summed E-state index contributed by atoms with van der Waals surface area (Å²) in [5, 5.41) is 9.41. The lowest BCUT2D eigenvalue weighted by Crippen LogP contribution is -2.32. The molecule has 3 heteroatoms. The van der Waals surface area contributed by atoms with Crippen molar-refractivity contribution in [3.63, 3.8) is 0 Å². The molecular formula is C13H22N2O. The number of anilines is 1. The molecule has 0 aliphatic heterocycles. The molecule has 90 valence electrons. The first-order valence-corrected chi connectivity index (χ1v) is 5.97. The van der Waals surface area contributed by atoms with E-state index in [2.05, 4.69) is 30.7 Å². The van der Waals surface area contributed by atoms with Crippen LogP contribution in [0.3, 0.4) is 0 Å². The number of hydrogen-bond donors (Lipinski definition) is 1. The standard InChI is InChI=1S/C13H22N2O/c1-5-8-15(10(2)3)13-7-6-12(9-14-13)11(4)16/h6-7,9-11,16H,5,8H2,1-4H3/t11-/m0/s1. The van der Waals surface area contributed by atoms with Crippen molar-refractivity contribution >= 4 is 5.82 Å². The van der Waals surface area contributed by atoms with Crippen LogP contribution in [0.1, 0.15) is 45.8 Å². The Morgan fingerprint density at radius 2 is 2.00 bits per heavy atom. The van der Waals surface area contributed by atoms with Gasteiger partial charge in [0.1, 0.15) is 5.82 Å². The molecule has 1 N–H and O–H groups in total. The number of pyridine rings is 1. The molecule has 1 heterocycles. The first-order valence-electron chi connectivity index (χ1n) is 5.97. The molecular weight excluding hydrogens is 200 g/mol. The molecule has 1 aromatic rings. The molecule has 0 saturated carbocycles. The number of aliphatic hydroxyl groups excluding tert-OH is 1. The smallest absolute Gasteiger partial charge is 0.128 e. The third-order valence-corrected chi connectivity index (χ3v) is 2.64. The maximum absolute atomic E-state index is 9.41. The van der Waals surface area contributed by atoms with Crippen LogP contribution < -0.4 is 4.90 Å². The van der Waals surface area contributed by atoms with Crippen LogP contribution in [-0.2, 0) is 0 Å². The average Bonchev–Trinajstić information content (AvgIpc) is 2.25. The van der Waals surface area contributed by atoms with E-state index in [0.29, 0.717) is 6.04 Å². The van der Waals surface area contributed by atoms with Gasteiger partial charge >= 0.3 is 0 Å². The molecule has 0 unspecified atom stereocenters. The Morgan fingerprint density at radius 1 is 1.31 bits per heavy atom. The molecule has 0 aromatic carbocycles. The SMILES string of the molecule is CCCN(c1ccc([C@H](C)O)cn1)C(C)C. The monoisotopic (exact) mass is 222 g/mol. The number of aromatic nitrogens is 1. The highest BCUT2D eigenvalue weighted by Gasteiger charge is 2.11. The fraction of sp³-hybridized carbons (Fsp3) is 0.615. The number of aliphatic hydroxyl groups is 1. The Bertz CT molecular complexity index is 306. The Kier molecular flexibility index (Phi) is 4.74. The van der Waals surface area contributed by atoms with E-state index >= 15 is 0 Å². The summed E-state index contributed by atoms with van der Waals surface area (Å²) in [7, 11) is 0. The molecule has 16 heavy (non-hydrogen) atoms. The molecule has 0 fully saturated rings. The van der Waals surface area contributed by atoms with Crippen LogP contribution in [0.15, 0.2) is 18.3 Å². The van der Waals surface area contributed by atoms with Crippen LogP contribution in [-0.4, -0.2) is 22.7 Å². The molecule has 0 radical (unpaired) electrons. The molecule has 0 saturated heterocycles. The topological polar surface area (TPSA) is 36.4 Å². The van der Waals surface area contributed by atoms with Crippen molar-refractivity contribution in [3.05, 3.63) is 23.9 Å². The summed E-state index contributed by atoms with van der Waals surface area (Å²) < 4.78 is 0. The lowest BCUT2D eigenvalue weighted by Gasteiger charge is -2.27. The van der Waals surface area contributed by atoms with Gasteiger partial charge in [-0.3, -0.25) is 0 Å². The fourth-order valence-electron chi connectivity index (χ4n) is 1.69. The average molecular weight is 222 g/mol. The molecule has 1 atom stereocenters. The van der Waals surface area contributed by atoms with Crippen LogP contribution in [0.2, 0.25) is 0 Å². The number of nitrogens with zero attached hydrogens (tertiary/aromatic N) is 2. The van der Waals surface area contributed by atoms with Crippen molar-refractivity contribution in [2.24, 2.45) is 0 Å². The van der Waals surface area contributed by atoms with Gasteiger partial charge in [-0.25, -0.2) is 4.98 Å². The second-order valence-electron chi connectivity index (χ2n) is 4.41. The summed E-state index contributed by atoms with van der Waals surface area (Å²) in [6, 6.07) is 4.38. The van der Waals surface area contributed by atoms with Gasteiger partial charge in [0, 0.05) is 18.8 Å². The van der Waals surface area contributed by atoms with Gasteiger partial charge in [-0.1, -0.05) is 13.0 Å². The van der Waals surface area contributed by atoms with E-state index in [1.165, 1.54) is 0 Å². The van der Waals surface area contributed by atoms with E-state index in [4.69, 9.17) is 0 Å². The number of rotatable bonds is 5. The van der Waals surface area contributed by atoms with Gasteiger partial charge in [-0.05, 0) is 38.8 Å². The Hall–Kier alpha value is -1.09. The van der Waals surface area contributed by atoms with Crippen molar-refractivity contribution in [1.82, 2.24) is 4.98 Å². The van der Waals surface area contributed by atoms with Gasteiger partial charge in [0.25, 0.3) is 0 Å². The first-order chi connectivity index (χ1) is 7.56. The highest BCUT2D eigenvalue weighted by atomic mass is 16.3. The zero-order valence-electron chi connectivity index (χ0n) is 10.6. The van der Waals surface area contributed by atoms with Crippen molar-refractivity contribution in [3.8, 4) is 0 Å². The summed E-state index contributed by atoms with van der Waals surface area (Å²) >= 11 is 0. The van der Waals surface area contributed by atoms with Crippen molar-refractivity contribution in [1.29, 1.82) is 0 Å². The minimum absolute atomic E-state index is 0.444. The molecule has 0 aliphatic carbocycles. The van der Waals surface area contributed by atoms with Gasteiger partial charge < -0.3 is 10.0 Å². The van der Waals surface area contributed by atoms with E-state index in [1.54, 1.807) is 13.1 Å². The van der Waals surface area contributed by atoms with Gasteiger partial charge in [-0.15, -0.1) is 0 Å². The normalized spacial score (nSPS) is 12.9. The van der Waals surface area contributed by atoms with E-state index in [0.717, 1.165) is 24.3 Å². The van der Waals surface area contributed by atoms with Crippen molar-refractivity contribution in [2.45, 2.75) is 46.3 Å². The quantitative estimate of drug-likeness (QED) is 0.832. The predicted molar refractivity (Wildman–Crippen MR) is 67.6 cm³/mol. The fourth-order valence-corrected chi connectivity index (χ4v) is 1.69. The molecule has 0 bridgehead atoms. The highest BCUT2D eigenvalue weighted by Crippen LogP contribution is 2.17. The molecule has 0 amide bonds. The van der Waals surface area contributed by atoms with Gasteiger partial charge in [-0.2, -0.15) is 0 Å². The minimum atomic E-state index is -0.444. The van der Waals surface area contributed by atoms with Crippen molar-refractivity contribution < 1.29 is 5.11 Å². The Balaban J connectivity index is 2.85. The van der Waals surface area contributed by atoms with E-state index in [-0.39, 0.29) is 0 Å². The second kappa shape index (κ2) is 5.85. The van der Waals surface area contributed by atoms with Crippen LogP contribution >= 0.6 is 0 Å². The zero-order chi connectivity index (χ0) is 12.1. The lowest BCUT2D eigenvalue weighted by atomic mass is 10.2. The Labute approximate surface area is 98.1 Å². The first kappa shape index (κ1) is 13.0. The van der Waals surface area contributed by atoms with Crippen LogP contribution in [0.25, 0.3) is 0 Å². The molecule has 0 spiro atoms.